The van der Waals surface area contributed by atoms with Gasteiger partial charge in [-0.15, -0.1) is 0 Å². The van der Waals surface area contributed by atoms with Crippen LogP contribution in [-0.4, -0.2) is 24.6 Å². The van der Waals surface area contributed by atoms with Crippen LogP contribution in [0.4, 0.5) is 5.69 Å². The molecule has 0 aliphatic carbocycles. The Balaban J connectivity index is 2.26. The maximum atomic E-state index is 9.05. The van der Waals surface area contributed by atoms with E-state index in [0.29, 0.717) is 6.54 Å². The predicted molar refractivity (Wildman–Crippen MR) is 87.0 cm³/mol. The number of aryl methyl sites for hydroxylation is 1. The third-order valence-electron chi connectivity index (χ3n) is 3.66. The first kappa shape index (κ1) is 14.9. The maximum absolute atomic E-state index is 9.05. The number of amidine groups is 1. The summed E-state index contributed by atoms with van der Waals surface area (Å²) >= 11 is 0. The van der Waals surface area contributed by atoms with Crippen LogP contribution in [0.15, 0.2) is 59.8 Å². The molecular formula is C17H21N3O. The van der Waals surface area contributed by atoms with E-state index in [1.54, 1.807) is 0 Å². The van der Waals surface area contributed by atoms with E-state index in [2.05, 4.69) is 29.1 Å². The minimum Gasteiger partial charge on any atom is -0.409 e. The molecule has 0 aliphatic heterocycles. The first-order valence-corrected chi connectivity index (χ1v) is 6.92. The molecular weight excluding hydrogens is 262 g/mol. The van der Waals surface area contributed by atoms with Gasteiger partial charge in [0.2, 0.25) is 0 Å². The molecule has 0 amide bonds. The lowest BCUT2D eigenvalue weighted by Crippen LogP contribution is -2.33. The van der Waals surface area contributed by atoms with Gasteiger partial charge < -0.3 is 15.8 Å². The molecule has 0 spiro atoms. The lowest BCUT2D eigenvalue weighted by molar-refractivity contribution is 0.316. The van der Waals surface area contributed by atoms with E-state index in [9.17, 15) is 0 Å². The van der Waals surface area contributed by atoms with Gasteiger partial charge >= 0.3 is 0 Å². The second-order valence-electron chi connectivity index (χ2n) is 5.16. The number of hydrogen-bond acceptors (Lipinski definition) is 3. The average Bonchev–Trinajstić information content (AvgIpc) is 2.53. The van der Waals surface area contributed by atoms with Crippen LogP contribution in [0.5, 0.6) is 0 Å². The highest BCUT2D eigenvalue weighted by Crippen LogP contribution is 2.23. The molecule has 4 nitrogen and oxygen atoms in total. The Labute approximate surface area is 125 Å². The highest BCUT2D eigenvalue weighted by atomic mass is 16.4. The van der Waals surface area contributed by atoms with Crippen molar-refractivity contribution in [2.75, 3.05) is 18.5 Å². The van der Waals surface area contributed by atoms with Crippen LogP contribution in [0, 0.1) is 6.92 Å². The molecule has 0 aliphatic rings. The van der Waals surface area contributed by atoms with Crippen molar-refractivity contribution in [3.05, 3.63) is 65.7 Å². The fourth-order valence-electron chi connectivity index (χ4n) is 2.49. The number of hydrogen-bond donors (Lipinski definition) is 2. The van der Waals surface area contributed by atoms with Gasteiger partial charge in [0.25, 0.3) is 0 Å². The summed E-state index contributed by atoms with van der Waals surface area (Å²) in [5, 5.41) is 12.3. The number of nitrogens with zero attached hydrogens (tertiary/aromatic N) is 2. The predicted octanol–water partition coefficient (Wildman–Crippen LogP) is 2.96. The molecule has 0 fully saturated rings. The minimum absolute atomic E-state index is 0.152. The molecule has 1 unspecified atom stereocenters. The number of nitrogens with two attached hydrogens (primary N) is 1. The van der Waals surface area contributed by atoms with Crippen molar-refractivity contribution in [3.63, 3.8) is 0 Å². The zero-order valence-corrected chi connectivity index (χ0v) is 12.4. The minimum atomic E-state index is -0.152. The van der Waals surface area contributed by atoms with Crippen LogP contribution < -0.4 is 10.6 Å². The molecule has 0 bridgehead atoms. The van der Waals surface area contributed by atoms with Crippen molar-refractivity contribution in [2.24, 2.45) is 10.9 Å². The van der Waals surface area contributed by atoms with Gasteiger partial charge in [-0.3, -0.25) is 0 Å². The smallest absolute Gasteiger partial charge is 0.148 e. The first-order valence-electron chi connectivity index (χ1n) is 6.92. The van der Waals surface area contributed by atoms with Gasteiger partial charge in [-0.25, -0.2) is 0 Å². The van der Waals surface area contributed by atoms with Gasteiger partial charge in [-0.1, -0.05) is 53.7 Å². The molecule has 0 saturated heterocycles. The summed E-state index contributed by atoms with van der Waals surface area (Å²) in [5.74, 6) is 0.0717. The van der Waals surface area contributed by atoms with Crippen LogP contribution in [0.3, 0.4) is 0 Å². The van der Waals surface area contributed by atoms with E-state index in [4.69, 9.17) is 10.9 Å². The number of likely N-dealkylation sites (N-methyl/N-ethyl adjacent to an activating group) is 1. The Kier molecular flexibility index (Phi) is 4.82. The molecule has 110 valence electrons. The molecule has 0 saturated carbocycles. The first-order chi connectivity index (χ1) is 10.1. The summed E-state index contributed by atoms with van der Waals surface area (Å²) in [4.78, 5) is 2.13. The van der Waals surface area contributed by atoms with Crippen LogP contribution >= 0.6 is 0 Å². The second-order valence-corrected chi connectivity index (χ2v) is 5.16. The fourth-order valence-corrected chi connectivity index (χ4v) is 2.49. The molecule has 0 aromatic heterocycles. The average molecular weight is 283 g/mol. The van der Waals surface area contributed by atoms with Gasteiger partial charge in [0, 0.05) is 19.3 Å². The molecule has 2 aromatic carbocycles. The quantitative estimate of drug-likeness (QED) is 0.384. The highest BCUT2D eigenvalue weighted by molar-refractivity contribution is 5.87. The van der Waals surface area contributed by atoms with Crippen LogP contribution in [0.25, 0.3) is 0 Å². The molecule has 0 heterocycles. The third-order valence-corrected chi connectivity index (χ3v) is 3.66. The summed E-state index contributed by atoms with van der Waals surface area (Å²) in [6.45, 7) is 2.72. The monoisotopic (exact) mass is 283 g/mol. The molecule has 3 N–H and O–H groups in total. The zero-order valence-electron chi connectivity index (χ0n) is 12.4. The lowest BCUT2D eigenvalue weighted by atomic mass is 9.97. The summed E-state index contributed by atoms with van der Waals surface area (Å²) in [6, 6.07) is 18.0. The Morgan fingerprint density at radius 2 is 1.76 bits per heavy atom. The molecule has 21 heavy (non-hydrogen) atoms. The van der Waals surface area contributed by atoms with Crippen LogP contribution in [0.1, 0.15) is 17.0 Å². The number of oxime groups is 1. The Bertz CT molecular complexity index is 610. The zero-order chi connectivity index (χ0) is 15.2. The fraction of sp³-hybridized carbons (Fsp3) is 0.235. The molecule has 0 radical (unpaired) electrons. The van der Waals surface area contributed by atoms with Crippen molar-refractivity contribution in [2.45, 2.75) is 12.8 Å². The van der Waals surface area contributed by atoms with E-state index in [1.807, 2.05) is 49.5 Å². The van der Waals surface area contributed by atoms with Gasteiger partial charge in [0.1, 0.15) is 5.84 Å². The standard InChI is InChI=1S/C17H21N3O/c1-13-8-6-7-11-16(13)20(2)12-15(17(18)19-21)14-9-4-3-5-10-14/h3-11,15,21H,12H2,1-2H3,(H2,18,19). The van der Waals surface area contributed by atoms with Crippen molar-refractivity contribution >= 4 is 11.5 Å². The van der Waals surface area contributed by atoms with Crippen molar-refractivity contribution in [1.29, 1.82) is 0 Å². The third kappa shape index (κ3) is 3.54. The molecule has 2 rings (SSSR count). The Morgan fingerprint density at radius 3 is 2.38 bits per heavy atom. The number of rotatable bonds is 5. The lowest BCUT2D eigenvalue weighted by Gasteiger charge is -2.26. The van der Waals surface area contributed by atoms with Gasteiger partial charge in [-0.05, 0) is 24.1 Å². The molecule has 2 aromatic rings. The maximum Gasteiger partial charge on any atom is 0.148 e. The largest absolute Gasteiger partial charge is 0.409 e. The summed E-state index contributed by atoms with van der Waals surface area (Å²) < 4.78 is 0. The van der Waals surface area contributed by atoms with Gasteiger partial charge in [0.05, 0.1) is 5.92 Å². The highest BCUT2D eigenvalue weighted by Gasteiger charge is 2.19. The van der Waals surface area contributed by atoms with E-state index in [0.717, 1.165) is 11.3 Å². The number of para-hydroxylation sites is 1. The Hall–Kier alpha value is -2.49. The van der Waals surface area contributed by atoms with Crippen LogP contribution in [0.2, 0.25) is 0 Å². The number of benzene rings is 2. The van der Waals surface area contributed by atoms with E-state index in [1.165, 1.54) is 5.56 Å². The van der Waals surface area contributed by atoms with E-state index in [-0.39, 0.29) is 11.8 Å². The SMILES string of the molecule is Cc1ccccc1N(C)CC(C(N)=NO)c1ccccc1. The van der Waals surface area contributed by atoms with Gasteiger partial charge in [-0.2, -0.15) is 0 Å². The number of anilines is 1. The second kappa shape index (κ2) is 6.79. The van der Waals surface area contributed by atoms with Crippen molar-refractivity contribution < 1.29 is 5.21 Å². The normalized spacial score (nSPS) is 13.0. The summed E-state index contributed by atoms with van der Waals surface area (Å²) in [6.07, 6.45) is 0. The molecule has 1 atom stereocenters. The summed E-state index contributed by atoms with van der Waals surface area (Å²) in [5.41, 5.74) is 9.27. The Morgan fingerprint density at radius 1 is 1.14 bits per heavy atom. The topological polar surface area (TPSA) is 61.8 Å². The summed E-state index contributed by atoms with van der Waals surface area (Å²) in [7, 11) is 2.02. The van der Waals surface area contributed by atoms with E-state index < -0.39 is 0 Å². The van der Waals surface area contributed by atoms with E-state index >= 15 is 0 Å². The van der Waals surface area contributed by atoms with Crippen LogP contribution in [-0.2, 0) is 0 Å². The van der Waals surface area contributed by atoms with Crippen molar-refractivity contribution in [1.82, 2.24) is 0 Å². The van der Waals surface area contributed by atoms with Gasteiger partial charge in [0.15, 0.2) is 0 Å². The van der Waals surface area contributed by atoms with Crippen molar-refractivity contribution in [3.8, 4) is 0 Å². The molecule has 4 heteroatoms.